The molecular formula is C17H23N3. The molecule has 0 aliphatic carbocycles. The maximum Gasteiger partial charge on any atom is 0.132 e. The highest BCUT2D eigenvalue weighted by molar-refractivity contribution is 5.68. The number of anilines is 1. The Bertz CT molecular complexity index is 583. The van der Waals surface area contributed by atoms with Gasteiger partial charge in [-0.05, 0) is 12.3 Å². The maximum atomic E-state index is 4.79. The number of aromatic nitrogens is 2. The van der Waals surface area contributed by atoms with Gasteiger partial charge in [-0.1, -0.05) is 51.1 Å². The third-order valence-electron chi connectivity index (χ3n) is 3.16. The Morgan fingerprint density at radius 2 is 1.70 bits per heavy atom. The molecule has 2 rings (SSSR count). The lowest BCUT2D eigenvalue weighted by molar-refractivity contribution is 0.401. The summed E-state index contributed by atoms with van der Waals surface area (Å²) in [6.45, 7) is 8.68. The van der Waals surface area contributed by atoms with Crippen molar-refractivity contribution in [3.8, 4) is 11.3 Å². The van der Waals surface area contributed by atoms with Crippen LogP contribution in [0, 0.1) is 12.3 Å². The molecule has 0 amide bonds. The molecule has 0 aliphatic rings. The van der Waals surface area contributed by atoms with Crippen molar-refractivity contribution in [1.29, 1.82) is 0 Å². The number of nitrogens with one attached hydrogen (secondary N) is 1. The van der Waals surface area contributed by atoms with Crippen molar-refractivity contribution in [3.63, 3.8) is 0 Å². The monoisotopic (exact) mass is 269 g/mol. The summed E-state index contributed by atoms with van der Waals surface area (Å²) in [4.78, 5) is 9.43. The van der Waals surface area contributed by atoms with Crippen LogP contribution in [0.3, 0.4) is 0 Å². The van der Waals surface area contributed by atoms with E-state index < -0.39 is 0 Å². The first kappa shape index (κ1) is 14.5. The van der Waals surface area contributed by atoms with Crippen molar-refractivity contribution < 1.29 is 0 Å². The van der Waals surface area contributed by atoms with Crippen LogP contribution in [-0.4, -0.2) is 17.0 Å². The average molecular weight is 269 g/mol. The van der Waals surface area contributed by atoms with E-state index in [0.717, 1.165) is 34.9 Å². The summed E-state index contributed by atoms with van der Waals surface area (Å²) in [5, 5.41) is 3.18. The van der Waals surface area contributed by atoms with Crippen LogP contribution in [-0.2, 0) is 6.42 Å². The first-order chi connectivity index (χ1) is 9.40. The van der Waals surface area contributed by atoms with E-state index >= 15 is 0 Å². The molecule has 3 nitrogen and oxygen atoms in total. The zero-order chi connectivity index (χ0) is 14.8. The van der Waals surface area contributed by atoms with Crippen molar-refractivity contribution in [1.82, 2.24) is 9.97 Å². The van der Waals surface area contributed by atoms with Crippen molar-refractivity contribution in [2.45, 2.75) is 34.1 Å². The van der Waals surface area contributed by atoms with E-state index in [-0.39, 0.29) is 5.41 Å². The maximum absolute atomic E-state index is 4.79. The topological polar surface area (TPSA) is 37.8 Å². The molecule has 20 heavy (non-hydrogen) atoms. The Balaban J connectivity index is 2.53. The van der Waals surface area contributed by atoms with Crippen molar-refractivity contribution in [2.75, 3.05) is 12.4 Å². The fourth-order valence-electron chi connectivity index (χ4n) is 2.24. The van der Waals surface area contributed by atoms with E-state index in [0.29, 0.717) is 0 Å². The van der Waals surface area contributed by atoms with Crippen LogP contribution >= 0.6 is 0 Å². The molecule has 1 aromatic carbocycles. The van der Waals surface area contributed by atoms with Crippen molar-refractivity contribution in [3.05, 3.63) is 41.7 Å². The predicted molar refractivity (Wildman–Crippen MR) is 84.9 cm³/mol. The minimum Gasteiger partial charge on any atom is -0.373 e. The molecule has 2 aromatic rings. The van der Waals surface area contributed by atoms with Crippen LogP contribution in [0.25, 0.3) is 11.3 Å². The Kier molecular flexibility index (Phi) is 4.07. The summed E-state index contributed by atoms with van der Waals surface area (Å²) in [5.41, 5.74) is 3.42. The minimum absolute atomic E-state index is 0.175. The molecule has 0 bridgehead atoms. The van der Waals surface area contributed by atoms with Gasteiger partial charge in [0.25, 0.3) is 0 Å². The summed E-state index contributed by atoms with van der Waals surface area (Å²) in [6.07, 6.45) is 0.863. The number of hydrogen-bond acceptors (Lipinski definition) is 3. The highest BCUT2D eigenvalue weighted by Gasteiger charge is 2.17. The molecule has 0 fully saturated rings. The average Bonchev–Trinajstić information content (AvgIpc) is 2.40. The zero-order valence-corrected chi connectivity index (χ0v) is 13.0. The fraction of sp³-hybridized carbons (Fsp3) is 0.412. The van der Waals surface area contributed by atoms with Crippen LogP contribution in [0.15, 0.2) is 30.3 Å². The normalized spacial score (nSPS) is 11.4. The molecule has 1 heterocycles. The molecule has 1 aromatic heterocycles. The van der Waals surface area contributed by atoms with E-state index in [1.165, 1.54) is 0 Å². The smallest absolute Gasteiger partial charge is 0.132 e. The molecule has 3 heteroatoms. The van der Waals surface area contributed by atoms with E-state index in [2.05, 4.69) is 50.1 Å². The Labute approximate surface area is 121 Å². The van der Waals surface area contributed by atoms with Crippen LogP contribution in [0.5, 0.6) is 0 Å². The largest absolute Gasteiger partial charge is 0.373 e. The van der Waals surface area contributed by atoms with Gasteiger partial charge in [-0.3, -0.25) is 0 Å². The SMILES string of the molecule is CNc1nc(CC(C)(C)C)nc(-c2ccccc2)c1C. The molecule has 0 atom stereocenters. The number of nitrogens with zero attached hydrogens (tertiary/aromatic N) is 2. The van der Waals surface area contributed by atoms with Gasteiger partial charge in [-0.15, -0.1) is 0 Å². The second kappa shape index (κ2) is 5.61. The lowest BCUT2D eigenvalue weighted by Gasteiger charge is -2.19. The van der Waals surface area contributed by atoms with Crippen LogP contribution in [0.1, 0.15) is 32.2 Å². The second-order valence-electron chi connectivity index (χ2n) is 6.32. The summed E-state index contributed by atoms with van der Waals surface area (Å²) in [5.74, 6) is 1.81. The van der Waals surface area contributed by atoms with E-state index in [1.807, 2.05) is 25.2 Å². The van der Waals surface area contributed by atoms with Gasteiger partial charge in [0.2, 0.25) is 0 Å². The summed E-state index contributed by atoms with van der Waals surface area (Å²) < 4.78 is 0. The van der Waals surface area contributed by atoms with E-state index in [1.54, 1.807) is 0 Å². The first-order valence-electron chi connectivity index (χ1n) is 7.01. The van der Waals surface area contributed by atoms with Crippen molar-refractivity contribution >= 4 is 5.82 Å². The third-order valence-corrected chi connectivity index (χ3v) is 3.16. The number of hydrogen-bond donors (Lipinski definition) is 1. The zero-order valence-electron chi connectivity index (χ0n) is 13.0. The first-order valence-corrected chi connectivity index (χ1v) is 7.01. The number of rotatable bonds is 3. The summed E-state index contributed by atoms with van der Waals surface area (Å²) >= 11 is 0. The Morgan fingerprint density at radius 1 is 1.05 bits per heavy atom. The fourth-order valence-corrected chi connectivity index (χ4v) is 2.24. The van der Waals surface area contributed by atoms with Gasteiger partial charge in [-0.2, -0.15) is 0 Å². The standard InChI is InChI=1S/C17H23N3/c1-12-15(13-9-7-6-8-10-13)19-14(11-17(2,3)4)20-16(12)18-5/h6-10H,11H2,1-5H3,(H,18,19,20). The van der Waals surface area contributed by atoms with Gasteiger partial charge in [0, 0.05) is 24.6 Å². The molecule has 106 valence electrons. The number of benzene rings is 1. The van der Waals surface area contributed by atoms with Crippen molar-refractivity contribution in [2.24, 2.45) is 5.41 Å². The lowest BCUT2D eigenvalue weighted by atomic mass is 9.92. The molecule has 0 aliphatic heterocycles. The molecular weight excluding hydrogens is 246 g/mol. The van der Waals surface area contributed by atoms with Gasteiger partial charge >= 0.3 is 0 Å². The van der Waals surface area contributed by atoms with E-state index in [9.17, 15) is 0 Å². The quantitative estimate of drug-likeness (QED) is 0.912. The van der Waals surface area contributed by atoms with E-state index in [4.69, 9.17) is 4.98 Å². The van der Waals surface area contributed by atoms with Crippen LogP contribution < -0.4 is 5.32 Å². The third kappa shape index (κ3) is 3.35. The molecule has 0 radical (unpaired) electrons. The highest BCUT2D eigenvalue weighted by atomic mass is 15.0. The molecule has 0 unspecified atom stereocenters. The van der Waals surface area contributed by atoms with Crippen LogP contribution in [0.2, 0.25) is 0 Å². The van der Waals surface area contributed by atoms with Gasteiger partial charge in [0.1, 0.15) is 11.6 Å². The Hall–Kier alpha value is -1.90. The van der Waals surface area contributed by atoms with Gasteiger partial charge < -0.3 is 5.32 Å². The molecule has 0 spiro atoms. The molecule has 0 saturated heterocycles. The molecule has 1 N–H and O–H groups in total. The van der Waals surface area contributed by atoms with Gasteiger partial charge in [-0.25, -0.2) is 9.97 Å². The van der Waals surface area contributed by atoms with Gasteiger partial charge in [0.05, 0.1) is 5.69 Å². The summed E-state index contributed by atoms with van der Waals surface area (Å²) in [6, 6.07) is 10.3. The predicted octanol–water partition coefficient (Wildman–Crippen LogP) is 4.08. The Morgan fingerprint density at radius 3 is 2.25 bits per heavy atom. The highest BCUT2D eigenvalue weighted by Crippen LogP contribution is 2.27. The second-order valence-corrected chi connectivity index (χ2v) is 6.32. The minimum atomic E-state index is 0.175. The summed E-state index contributed by atoms with van der Waals surface area (Å²) in [7, 11) is 1.91. The van der Waals surface area contributed by atoms with Gasteiger partial charge in [0.15, 0.2) is 0 Å². The van der Waals surface area contributed by atoms with Crippen LogP contribution in [0.4, 0.5) is 5.82 Å². The molecule has 0 saturated carbocycles. The lowest BCUT2D eigenvalue weighted by Crippen LogP contribution is -2.14.